The lowest BCUT2D eigenvalue weighted by Crippen LogP contribution is -2.35. The van der Waals surface area contributed by atoms with E-state index < -0.39 is 18.0 Å². The van der Waals surface area contributed by atoms with Gasteiger partial charge >= 0.3 is 6.18 Å². The summed E-state index contributed by atoms with van der Waals surface area (Å²) in [5.41, 5.74) is 0.402. The minimum absolute atomic E-state index is 0. The predicted octanol–water partition coefficient (Wildman–Crippen LogP) is 28.4. The number of nitrogens with zero attached hydrogens (tertiary/aromatic N) is 1. The molecule has 4 heteroatoms. The maximum Gasteiger partial charge on any atom is 0.393 e. The Morgan fingerprint density at radius 1 is 0.423 bits per heavy atom. The van der Waals surface area contributed by atoms with Crippen LogP contribution in [-0.4, -0.2) is 6.18 Å². The van der Waals surface area contributed by atoms with Crippen LogP contribution < -0.4 is 0 Å². The smallest absolute Gasteiger partial charge is 0.198 e. The van der Waals surface area contributed by atoms with Gasteiger partial charge in [0.05, 0.1) is 11.5 Å². The van der Waals surface area contributed by atoms with Crippen molar-refractivity contribution in [3.05, 3.63) is 0 Å². The van der Waals surface area contributed by atoms with Gasteiger partial charge in [-0.1, -0.05) is 300 Å². The summed E-state index contributed by atoms with van der Waals surface area (Å²) in [5.74, 6) is 2.86. The van der Waals surface area contributed by atoms with Crippen LogP contribution in [0.1, 0.15) is 369 Å². The second-order valence-corrected chi connectivity index (χ2v) is 28.5. The molecule has 0 aromatic rings. The van der Waals surface area contributed by atoms with Gasteiger partial charge in [-0.25, -0.2) is 0 Å². The molecule has 0 spiro atoms. The SMILES string of the molecule is C.C.C.C.C.C.C.C.C.C.C.CC(C)(C)C#N.CC(C)(C)C1CCCC1.CC(C)(C)C1CCCCC1.CC(C)(C)CC(C)(C)C.CC(C)(C)CC(C)(C)C(F)(F)F.CC(C)CC(C)(C)C.[2H]C([2H])(C)C(C)(C)C. The second-order valence-electron chi connectivity index (χ2n) is 28.5. The molecule has 2 saturated carbocycles. The van der Waals surface area contributed by atoms with Crippen molar-refractivity contribution in [2.45, 2.75) is 372 Å². The van der Waals surface area contributed by atoms with Crippen molar-refractivity contribution in [1.29, 1.82) is 5.26 Å². The first-order chi connectivity index (χ1) is 26.6. The third-order valence-electron chi connectivity index (χ3n) is 10.3. The highest BCUT2D eigenvalue weighted by atomic mass is 19.4. The first-order valence-corrected chi connectivity index (χ1v) is 24.1. The molecule has 0 aromatic heterocycles. The van der Waals surface area contributed by atoms with Crippen molar-refractivity contribution >= 4 is 0 Å². The van der Waals surface area contributed by atoms with E-state index in [9.17, 15) is 13.2 Å². The lowest BCUT2D eigenvalue weighted by molar-refractivity contribution is -0.220. The van der Waals surface area contributed by atoms with Crippen LogP contribution in [0.2, 0.25) is 0 Å². The zero-order valence-corrected chi connectivity index (χ0v) is 46.8. The van der Waals surface area contributed by atoms with E-state index in [1.54, 1.807) is 6.92 Å². The van der Waals surface area contributed by atoms with Gasteiger partial charge < -0.3 is 0 Å². The maximum absolute atomic E-state index is 12.4. The van der Waals surface area contributed by atoms with E-state index in [1.807, 2.05) is 62.3 Å². The van der Waals surface area contributed by atoms with Crippen LogP contribution in [0.15, 0.2) is 0 Å². The van der Waals surface area contributed by atoms with Crippen LogP contribution in [0.5, 0.6) is 0 Å². The molecule has 0 N–H and O–H groups in total. The summed E-state index contributed by atoms with van der Waals surface area (Å²) in [6, 6.07) is 2.10. The van der Waals surface area contributed by atoms with Crippen molar-refractivity contribution in [2.75, 3.05) is 0 Å². The molecule has 0 bridgehead atoms. The largest absolute Gasteiger partial charge is 0.393 e. The standard InChI is InChI=1S/C10H20.C9H17F3.C9H18.C9H20.C8H18.C6H14.C5H9N.11CH4/c1-10(2,3)9-7-5-4-6-8-9;1-7(2,3)6-8(4,5)9(10,11)12;1-9(2,3)8-6-4-5-7-8;1-8(2,3)7-9(4,5)6;1-7(2)6-8(3,4)5;1-5-6(2,3)4;1-5(2,3)4-6;;;;;;;;;;;/h9H,4-8H2,1-3H3;6H2,1-5H3;8H,4-7H2,1-3H3;7H2,1-6H3;7H,6H2,1-5H3;5H2,1-4H3;1-3H3;11*1H4/i;;;;;5D2;;;;;;;;;;;;. The summed E-state index contributed by atoms with van der Waals surface area (Å²) >= 11 is 0. The van der Waals surface area contributed by atoms with Crippen LogP contribution in [0.4, 0.5) is 13.2 Å². The average molecular weight is 1040 g/mol. The lowest BCUT2D eigenvalue weighted by atomic mass is 9.72. The molecule has 2 aliphatic carbocycles. The number of hydrogen-bond donors (Lipinski definition) is 0. The van der Waals surface area contributed by atoms with Crippen molar-refractivity contribution in [2.24, 2.45) is 66.5 Å². The molecule has 0 unspecified atom stereocenters. The quantitative estimate of drug-likeness (QED) is 0.270. The molecule has 1 nitrogen and oxygen atoms in total. The van der Waals surface area contributed by atoms with E-state index in [4.69, 9.17) is 8.00 Å². The van der Waals surface area contributed by atoms with Gasteiger partial charge in [0.15, 0.2) is 0 Å². The zero-order chi connectivity index (χ0) is 51.4. The second kappa shape index (κ2) is 47.7. The molecule has 0 radical (unpaired) electrons. The van der Waals surface area contributed by atoms with Gasteiger partial charge in [-0.05, 0) is 121 Å². The maximum atomic E-state index is 12.4. The first kappa shape index (κ1) is 106. The average Bonchev–Trinajstić information content (AvgIpc) is 3.49. The van der Waals surface area contributed by atoms with E-state index in [1.165, 1.54) is 84.5 Å². The number of rotatable bonds is 2. The molecule has 2 aliphatic rings. The molecule has 0 atom stereocenters. The van der Waals surface area contributed by atoms with Crippen molar-refractivity contribution in [3.8, 4) is 6.07 Å². The van der Waals surface area contributed by atoms with Crippen molar-refractivity contribution in [1.82, 2.24) is 0 Å². The number of hydrogen-bond acceptors (Lipinski definition) is 1. The first-order valence-electron chi connectivity index (χ1n) is 25.1. The van der Waals surface area contributed by atoms with E-state index in [0.29, 0.717) is 27.1 Å². The Hall–Kier alpha value is -0.720. The van der Waals surface area contributed by atoms with Crippen LogP contribution in [0.25, 0.3) is 0 Å². The third kappa shape index (κ3) is 92.3. The topological polar surface area (TPSA) is 23.8 Å². The Bertz CT molecular complexity index is 1110. The molecule has 0 amide bonds. The Morgan fingerprint density at radius 2 is 0.634 bits per heavy atom. The fraction of sp³-hybridized carbons (Fsp3) is 0.985. The van der Waals surface area contributed by atoms with E-state index in [-0.39, 0.29) is 104 Å². The molecular weight excluding hydrogens is 876 g/mol. The van der Waals surface area contributed by atoms with Gasteiger partial charge in [0.1, 0.15) is 0 Å². The van der Waals surface area contributed by atoms with Gasteiger partial charge in [-0.3, -0.25) is 0 Å². The van der Waals surface area contributed by atoms with Crippen molar-refractivity contribution < 1.29 is 15.9 Å². The van der Waals surface area contributed by atoms with Crippen LogP contribution in [0, 0.1) is 77.8 Å². The number of alkyl halides is 3. The summed E-state index contributed by atoms with van der Waals surface area (Å²) in [5, 5.41) is 8.15. The van der Waals surface area contributed by atoms with E-state index >= 15 is 0 Å². The molecule has 71 heavy (non-hydrogen) atoms. The predicted molar refractivity (Wildman–Crippen MR) is 343 cm³/mol. The molecule has 454 valence electrons. The van der Waals surface area contributed by atoms with Gasteiger partial charge in [0.2, 0.25) is 0 Å². The molecule has 0 saturated heterocycles. The minimum Gasteiger partial charge on any atom is -0.198 e. The monoisotopic (exact) mass is 1040 g/mol. The van der Waals surface area contributed by atoms with Gasteiger partial charge in [0.25, 0.3) is 0 Å². The fourth-order valence-electron chi connectivity index (χ4n) is 8.00. The van der Waals surface area contributed by atoms with Crippen molar-refractivity contribution in [3.63, 3.8) is 0 Å². The Balaban J connectivity index is -0.0000000364. The summed E-state index contributed by atoms with van der Waals surface area (Å²) in [6.07, 6.45) is 10.9. The van der Waals surface area contributed by atoms with Crippen LogP contribution in [0.3, 0.4) is 0 Å². The van der Waals surface area contributed by atoms with E-state index in [2.05, 4.69) is 124 Å². The van der Waals surface area contributed by atoms with Crippen LogP contribution >= 0.6 is 0 Å². The summed E-state index contributed by atoms with van der Waals surface area (Å²) < 4.78 is 51.6. The molecule has 0 aromatic carbocycles. The number of nitriles is 1. The third-order valence-corrected chi connectivity index (χ3v) is 10.3. The summed E-state index contributed by atoms with van der Waals surface area (Å²) in [4.78, 5) is 0. The molecular formula is C67H160F3N. The zero-order valence-electron chi connectivity index (χ0n) is 48.8. The highest BCUT2D eigenvalue weighted by molar-refractivity contribution is 4.87. The minimum atomic E-state index is -4.10. The Kier molecular flexibility index (Phi) is 71.6. The van der Waals surface area contributed by atoms with Crippen LogP contribution in [-0.2, 0) is 0 Å². The Morgan fingerprint density at radius 3 is 0.704 bits per heavy atom. The highest BCUT2D eigenvalue weighted by Crippen LogP contribution is 2.45. The number of halogens is 3. The van der Waals surface area contributed by atoms with Gasteiger partial charge in [-0.2, -0.15) is 18.4 Å². The summed E-state index contributed by atoms with van der Waals surface area (Å²) in [6.45, 7) is 60.3. The lowest BCUT2D eigenvalue weighted by Gasteiger charge is -2.34. The fourth-order valence-corrected chi connectivity index (χ4v) is 8.00. The highest BCUT2D eigenvalue weighted by Gasteiger charge is 2.48. The van der Waals surface area contributed by atoms with E-state index in [0.717, 1.165) is 17.8 Å². The molecule has 0 aliphatic heterocycles. The Labute approximate surface area is 464 Å². The normalized spacial score (nSPS) is 14.4. The van der Waals surface area contributed by atoms with Gasteiger partial charge in [0, 0.05) is 8.16 Å². The van der Waals surface area contributed by atoms with Gasteiger partial charge in [-0.15, -0.1) is 0 Å². The molecule has 2 fully saturated rings. The summed E-state index contributed by atoms with van der Waals surface area (Å²) in [7, 11) is 0. The molecule has 0 heterocycles. The molecule has 2 rings (SSSR count).